The molecule has 1 aliphatic rings. The van der Waals surface area contributed by atoms with E-state index in [0.29, 0.717) is 25.7 Å². The lowest BCUT2D eigenvalue weighted by atomic mass is 10.0. The molecule has 1 aliphatic heterocycles. The van der Waals surface area contributed by atoms with Crippen LogP contribution < -0.4 is 5.32 Å². The van der Waals surface area contributed by atoms with Gasteiger partial charge in [0.05, 0.1) is 0 Å². The van der Waals surface area contributed by atoms with Gasteiger partial charge in [0.2, 0.25) is 0 Å². The molecular formula is C14H31N3O3S. The fraction of sp³-hybridized carbons (Fsp3) is 1.00. The zero-order valence-electron chi connectivity index (χ0n) is 13.8. The van der Waals surface area contributed by atoms with E-state index in [-0.39, 0.29) is 6.04 Å². The minimum absolute atomic E-state index is 0.0658. The van der Waals surface area contributed by atoms with Crippen LogP contribution in [0.25, 0.3) is 0 Å². The van der Waals surface area contributed by atoms with E-state index < -0.39 is 10.2 Å². The van der Waals surface area contributed by atoms with Gasteiger partial charge in [0.25, 0.3) is 10.2 Å². The van der Waals surface area contributed by atoms with Crippen LogP contribution in [0.5, 0.6) is 0 Å². The summed E-state index contributed by atoms with van der Waals surface area (Å²) in [6, 6.07) is 0.437. The summed E-state index contributed by atoms with van der Waals surface area (Å²) in [5.41, 5.74) is 0. The second-order valence-corrected chi connectivity index (χ2v) is 7.99. The number of piperidine rings is 1. The molecule has 0 aromatic carbocycles. The summed E-state index contributed by atoms with van der Waals surface area (Å²) in [4.78, 5) is 0. The third kappa shape index (κ3) is 5.83. The number of hydrogen-bond donors (Lipinski definition) is 1. The Morgan fingerprint density at radius 2 is 2.10 bits per heavy atom. The molecule has 0 bridgehead atoms. The summed E-state index contributed by atoms with van der Waals surface area (Å²) in [5, 5.41) is 3.36. The normalized spacial score (nSPS) is 21.3. The van der Waals surface area contributed by atoms with Crippen LogP contribution in [0.2, 0.25) is 0 Å². The van der Waals surface area contributed by atoms with Gasteiger partial charge in [-0.15, -0.1) is 0 Å². The number of nitrogens with one attached hydrogen (secondary N) is 1. The molecule has 0 spiro atoms. The fourth-order valence-corrected chi connectivity index (χ4v) is 4.21. The lowest BCUT2D eigenvalue weighted by Gasteiger charge is -2.37. The van der Waals surface area contributed by atoms with Gasteiger partial charge in [0, 0.05) is 52.5 Å². The lowest BCUT2D eigenvalue weighted by molar-refractivity contribution is 0.185. The molecule has 21 heavy (non-hydrogen) atoms. The average Bonchev–Trinajstić information content (AvgIpc) is 2.45. The minimum Gasteiger partial charge on any atom is -0.385 e. The summed E-state index contributed by atoms with van der Waals surface area (Å²) in [7, 11) is -0.0775. The highest BCUT2D eigenvalue weighted by Crippen LogP contribution is 2.22. The highest BCUT2D eigenvalue weighted by atomic mass is 32.2. The van der Waals surface area contributed by atoms with Gasteiger partial charge in [-0.25, -0.2) is 0 Å². The molecular weight excluding hydrogens is 290 g/mol. The van der Waals surface area contributed by atoms with Crippen LogP contribution >= 0.6 is 0 Å². The van der Waals surface area contributed by atoms with Crippen molar-refractivity contribution in [2.24, 2.45) is 0 Å². The third-order valence-corrected chi connectivity index (χ3v) is 5.89. The molecule has 1 unspecified atom stereocenters. The molecule has 126 valence electrons. The molecule has 7 heteroatoms. The van der Waals surface area contributed by atoms with Crippen molar-refractivity contribution in [3.8, 4) is 0 Å². The average molecular weight is 321 g/mol. The van der Waals surface area contributed by atoms with Gasteiger partial charge in [-0.2, -0.15) is 17.0 Å². The highest BCUT2D eigenvalue weighted by molar-refractivity contribution is 7.86. The summed E-state index contributed by atoms with van der Waals surface area (Å²) in [6.45, 7) is 6.59. The zero-order chi connectivity index (χ0) is 15.9. The fourth-order valence-electron chi connectivity index (χ4n) is 2.58. The Kier molecular flexibility index (Phi) is 8.12. The van der Waals surface area contributed by atoms with Gasteiger partial charge >= 0.3 is 0 Å². The van der Waals surface area contributed by atoms with Crippen molar-refractivity contribution in [1.82, 2.24) is 13.9 Å². The topological polar surface area (TPSA) is 61.9 Å². The van der Waals surface area contributed by atoms with Crippen LogP contribution in [-0.4, -0.2) is 69.5 Å². The molecule has 0 aromatic heterocycles. The first-order valence-electron chi connectivity index (χ1n) is 7.85. The van der Waals surface area contributed by atoms with Gasteiger partial charge in [-0.05, 0) is 19.3 Å². The van der Waals surface area contributed by atoms with E-state index in [1.54, 1.807) is 18.5 Å². The van der Waals surface area contributed by atoms with Crippen molar-refractivity contribution >= 4 is 10.2 Å². The molecule has 1 fully saturated rings. The minimum atomic E-state index is -3.37. The number of nitrogens with zero attached hydrogens (tertiary/aromatic N) is 2. The van der Waals surface area contributed by atoms with Crippen LogP contribution in [0.15, 0.2) is 0 Å². The Labute approximate surface area is 130 Å². The molecule has 1 atom stereocenters. The second-order valence-electron chi connectivity index (χ2n) is 6.00. The van der Waals surface area contributed by atoms with E-state index in [1.807, 2.05) is 0 Å². The van der Waals surface area contributed by atoms with Crippen LogP contribution in [0, 0.1) is 0 Å². The van der Waals surface area contributed by atoms with Crippen LogP contribution in [0.4, 0.5) is 0 Å². The van der Waals surface area contributed by atoms with Gasteiger partial charge in [-0.1, -0.05) is 20.3 Å². The van der Waals surface area contributed by atoms with Crippen molar-refractivity contribution < 1.29 is 13.2 Å². The maximum absolute atomic E-state index is 12.7. The molecule has 0 saturated carbocycles. The summed E-state index contributed by atoms with van der Waals surface area (Å²) in [5.74, 6) is 0. The van der Waals surface area contributed by atoms with Crippen LogP contribution in [0.3, 0.4) is 0 Å². The highest BCUT2D eigenvalue weighted by Gasteiger charge is 2.34. The molecule has 1 rings (SSSR count). The van der Waals surface area contributed by atoms with E-state index in [2.05, 4.69) is 19.2 Å². The monoisotopic (exact) mass is 321 g/mol. The van der Waals surface area contributed by atoms with E-state index in [0.717, 1.165) is 32.2 Å². The van der Waals surface area contributed by atoms with E-state index in [4.69, 9.17) is 4.74 Å². The number of methoxy groups -OCH3 is 1. The summed E-state index contributed by atoms with van der Waals surface area (Å²) >= 11 is 0. The van der Waals surface area contributed by atoms with Gasteiger partial charge in [-0.3, -0.25) is 0 Å². The van der Waals surface area contributed by atoms with Gasteiger partial charge in [0.1, 0.15) is 0 Å². The molecule has 0 radical (unpaired) electrons. The Morgan fingerprint density at radius 1 is 1.38 bits per heavy atom. The van der Waals surface area contributed by atoms with E-state index in [1.165, 1.54) is 4.31 Å². The standard InChI is InChI=1S/C14H31N3O3S/c1-13(2)15-12-14-8-5-6-10-17(14)21(18,19)16(3)9-7-11-20-4/h13-15H,5-12H2,1-4H3. The smallest absolute Gasteiger partial charge is 0.282 e. The first-order valence-corrected chi connectivity index (χ1v) is 9.24. The molecule has 1 saturated heterocycles. The van der Waals surface area contributed by atoms with Crippen molar-refractivity contribution in [2.45, 2.75) is 51.6 Å². The Balaban J connectivity index is 2.67. The van der Waals surface area contributed by atoms with Crippen molar-refractivity contribution in [2.75, 3.05) is 40.4 Å². The first-order chi connectivity index (χ1) is 9.89. The molecule has 0 aliphatic carbocycles. The lowest BCUT2D eigenvalue weighted by Crippen LogP contribution is -2.53. The molecule has 1 N–H and O–H groups in total. The van der Waals surface area contributed by atoms with Crippen molar-refractivity contribution in [1.29, 1.82) is 0 Å². The molecule has 0 amide bonds. The number of hydrogen-bond acceptors (Lipinski definition) is 4. The summed E-state index contributed by atoms with van der Waals surface area (Å²) < 4.78 is 33.6. The van der Waals surface area contributed by atoms with E-state index >= 15 is 0 Å². The maximum Gasteiger partial charge on any atom is 0.282 e. The Bertz CT molecular complexity index is 387. The zero-order valence-corrected chi connectivity index (χ0v) is 14.7. The van der Waals surface area contributed by atoms with Crippen LogP contribution in [-0.2, 0) is 14.9 Å². The third-order valence-electron chi connectivity index (χ3n) is 3.85. The van der Waals surface area contributed by atoms with E-state index in [9.17, 15) is 8.42 Å². The Hall–Kier alpha value is -0.210. The predicted octanol–water partition coefficient (Wildman–Crippen LogP) is 1.05. The van der Waals surface area contributed by atoms with Crippen molar-refractivity contribution in [3.63, 3.8) is 0 Å². The SMILES string of the molecule is COCCCN(C)S(=O)(=O)N1CCCCC1CNC(C)C. The Morgan fingerprint density at radius 3 is 2.71 bits per heavy atom. The predicted molar refractivity (Wildman–Crippen MR) is 85.5 cm³/mol. The van der Waals surface area contributed by atoms with Gasteiger partial charge in [0.15, 0.2) is 0 Å². The van der Waals surface area contributed by atoms with Crippen molar-refractivity contribution in [3.05, 3.63) is 0 Å². The van der Waals surface area contributed by atoms with Crippen LogP contribution in [0.1, 0.15) is 39.5 Å². The quantitative estimate of drug-likeness (QED) is 0.645. The number of rotatable bonds is 9. The molecule has 6 nitrogen and oxygen atoms in total. The second kappa shape index (κ2) is 9.05. The molecule has 1 heterocycles. The molecule has 0 aromatic rings. The number of ether oxygens (including phenoxy) is 1. The first kappa shape index (κ1) is 18.8. The summed E-state index contributed by atoms with van der Waals surface area (Å²) in [6.07, 6.45) is 3.70. The maximum atomic E-state index is 12.7. The van der Waals surface area contributed by atoms with Gasteiger partial charge < -0.3 is 10.1 Å². The largest absolute Gasteiger partial charge is 0.385 e.